The molecule has 1 saturated carbocycles. The average Bonchev–Trinajstić information content (AvgIpc) is 3.96. The summed E-state index contributed by atoms with van der Waals surface area (Å²) in [4.78, 5) is 145. The van der Waals surface area contributed by atoms with Crippen molar-refractivity contribution in [3.05, 3.63) is 108 Å². The fourth-order valence-corrected chi connectivity index (χ4v) is 13.3. The molecule has 3 aliphatic rings. The van der Waals surface area contributed by atoms with Crippen molar-refractivity contribution in [2.75, 3.05) is 25.4 Å². The van der Waals surface area contributed by atoms with Crippen LogP contribution in [-0.2, 0) is 67.2 Å². The molecule has 3 aromatic rings. The Morgan fingerprint density at radius 2 is 1.16 bits per heavy atom. The van der Waals surface area contributed by atoms with Crippen molar-refractivity contribution in [2.45, 2.75) is 137 Å². The molecule has 2 aliphatic heterocycles. The highest BCUT2D eigenvalue weighted by atomic mass is 33.1. The van der Waals surface area contributed by atoms with Crippen molar-refractivity contribution in [1.82, 2.24) is 42.1 Å². The van der Waals surface area contributed by atoms with Crippen LogP contribution in [0.3, 0.4) is 0 Å². The molecule has 10 amide bonds. The molecule has 0 unspecified atom stereocenters. The second-order valence-corrected chi connectivity index (χ2v) is 23.1. The van der Waals surface area contributed by atoms with Gasteiger partial charge in [0.05, 0.1) is 13.0 Å². The van der Waals surface area contributed by atoms with Gasteiger partial charge in [-0.1, -0.05) is 132 Å². The second-order valence-electron chi connectivity index (χ2n) is 20.3. The molecule has 2 heterocycles. The van der Waals surface area contributed by atoms with Gasteiger partial charge in [0, 0.05) is 49.3 Å². The lowest BCUT2D eigenvalue weighted by atomic mass is 9.85. The van der Waals surface area contributed by atoms with Crippen molar-refractivity contribution < 1.29 is 47.9 Å². The molecule has 3 aromatic carbocycles. The first-order valence-corrected chi connectivity index (χ1v) is 29.1. The zero-order chi connectivity index (χ0) is 57.6. The van der Waals surface area contributed by atoms with E-state index in [2.05, 4.69) is 42.2 Å². The van der Waals surface area contributed by atoms with Gasteiger partial charge in [0.2, 0.25) is 59.1 Å². The van der Waals surface area contributed by atoms with Crippen molar-refractivity contribution in [3.8, 4) is 0 Å². The predicted molar refractivity (Wildman–Crippen MR) is 303 cm³/mol. The van der Waals surface area contributed by atoms with Gasteiger partial charge in [0.25, 0.3) is 0 Å². The summed E-state index contributed by atoms with van der Waals surface area (Å²) in [5.74, 6) is -7.89. The molecule has 15 N–H and O–H groups in total. The largest absolute Gasteiger partial charge is 0.370 e. The lowest BCUT2D eigenvalue weighted by molar-refractivity contribution is -0.142. The van der Waals surface area contributed by atoms with Gasteiger partial charge < -0.3 is 65.1 Å². The van der Waals surface area contributed by atoms with Gasteiger partial charge in [-0.3, -0.25) is 52.9 Å². The molecule has 80 heavy (non-hydrogen) atoms. The number of hydrogen-bond donors (Lipinski definition) is 11. The van der Waals surface area contributed by atoms with Gasteiger partial charge >= 0.3 is 0 Å². The Morgan fingerprint density at radius 3 is 1.68 bits per heavy atom. The number of aliphatic imine (C=N–C) groups is 1. The van der Waals surface area contributed by atoms with Crippen molar-refractivity contribution >= 4 is 86.6 Å². The van der Waals surface area contributed by atoms with Crippen LogP contribution in [0.2, 0.25) is 0 Å². The molecule has 23 nitrogen and oxygen atoms in total. The van der Waals surface area contributed by atoms with Crippen LogP contribution in [0.1, 0.15) is 87.3 Å². The van der Waals surface area contributed by atoms with Crippen LogP contribution in [-0.4, -0.2) is 142 Å². The maximum absolute atomic E-state index is 15.0. The fourth-order valence-electron chi connectivity index (χ4n) is 9.94. The molecular weight excluding hydrogens is 1070 g/mol. The Hall–Kier alpha value is -7.67. The van der Waals surface area contributed by atoms with Gasteiger partial charge in [0.1, 0.15) is 42.3 Å². The highest BCUT2D eigenvalue weighted by molar-refractivity contribution is 8.77. The number of nitrogens with one attached hydrogen (secondary N) is 7. The van der Waals surface area contributed by atoms with Crippen molar-refractivity contribution in [1.29, 1.82) is 0 Å². The Bertz CT molecular complexity index is 2680. The minimum absolute atomic E-state index is 0.0176. The lowest BCUT2D eigenvalue weighted by Crippen LogP contribution is -2.61. The molecule has 1 spiro atoms. The van der Waals surface area contributed by atoms with E-state index < -0.39 is 119 Å². The van der Waals surface area contributed by atoms with E-state index in [-0.39, 0.29) is 69.7 Å². The number of nitrogens with two attached hydrogens (primary N) is 4. The SMILES string of the molecule is NC(=O)CNC(=O)[C@H](CCCN=C(N)N)NC(=O)[C@@H]1CCCN1C(=O)[C@@H]1CSSC2(CCCCC2)CC(=O)N[C@H](Cc2ccccc2)C(=O)N[C@@H](Cc2ccccc2)C(=O)N[C@@H](Cc2ccccc2)C(=O)N[C@@H](CC(N)=O)C(=O)N1. The smallest absolute Gasteiger partial charge is 0.246 e. The number of likely N-dealkylation sites (tertiary alicyclic amines) is 1. The number of carbonyl (C=O) groups excluding carboxylic acids is 10. The summed E-state index contributed by atoms with van der Waals surface area (Å²) < 4.78 is -0.702. The van der Waals surface area contributed by atoms with E-state index in [0.29, 0.717) is 30.4 Å². The summed E-state index contributed by atoms with van der Waals surface area (Å²) in [6, 6.07) is 17.5. The highest BCUT2D eigenvalue weighted by Crippen LogP contribution is 2.48. The standard InChI is InChI=1S/C55H73N13O10S2/c56-44(69)30-41-51(76)67-42(53(78)68-26-14-22-43(68)52(77)63-37(21-13-25-60-54(58)59)47(72)61-32-45(57)70)33-79-80-55(23-11-4-12-24-55)31-46(71)62-38(27-34-15-5-1-6-16-34)48(73)64-39(28-35-17-7-2-8-18-35)49(74)65-40(50(75)66-41)29-36-19-9-3-10-20-36/h1-3,5-10,15-20,37-43H,4,11-14,21-33H2,(H2,56,69)(H2,57,70)(H,61,72)(H,62,71)(H,63,77)(H,64,73)(H,65,74)(H,66,75)(H,67,76)(H4,58,59,60)/t37-,38+,39-,40-,41-,42-,43-/m0/s1. The molecule has 6 rings (SSSR count). The third kappa shape index (κ3) is 19.3. The van der Waals surface area contributed by atoms with E-state index in [9.17, 15) is 43.2 Å². The summed E-state index contributed by atoms with van der Waals surface area (Å²) in [6.07, 6.45) is 3.70. The molecule has 0 aromatic heterocycles. The van der Waals surface area contributed by atoms with Crippen LogP contribution in [0.25, 0.3) is 0 Å². The van der Waals surface area contributed by atoms with E-state index in [0.717, 1.165) is 24.8 Å². The van der Waals surface area contributed by atoms with Crippen LogP contribution in [0, 0.1) is 0 Å². The van der Waals surface area contributed by atoms with Crippen molar-refractivity contribution in [2.24, 2.45) is 27.9 Å². The maximum atomic E-state index is 15.0. The number of primary amides is 2. The van der Waals surface area contributed by atoms with Gasteiger partial charge in [-0.2, -0.15) is 0 Å². The lowest BCUT2D eigenvalue weighted by Gasteiger charge is -2.37. The number of benzene rings is 3. The normalized spacial score (nSPS) is 22.6. The summed E-state index contributed by atoms with van der Waals surface area (Å²) in [5.41, 5.74) is 23.9. The average molecular weight is 1140 g/mol. The van der Waals surface area contributed by atoms with Gasteiger partial charge in [0.15, 0.2) is 5.96 Å². The number of nitrogens with zero attached hydrogens (tertiary/aromatic N) is 2. The topological polar surface area (TPSA) is 375 Å². The number of hydrogen-bond acceptors (Lipinski definition) is 13. The molecule has 2 saturated heterocycles. The zero-order valence-electron chi connectivity index (χ0n) is 44.5. The fraction of sp³-hybridized carbons (Fsp3) is 0.473. The summed E-state index contributed by atoms with van der Waals surface area (Å²) in [6.45, 7) is -0.314. The highest BCUT2D eigenvalue weighted by Gasteiger charge is 2.42. The van der Waals surface area contributed by atoms with Crippen LogP contribution < -0.4 is 60.2 Å². The van der Waals surface area contributed by atoms with E-state index in [1.807, 2.05) is 30.3 Å². The van der Waals surface area contributed by atoms with Gasteiger partial charge in [-0.15, -0.1) is 0 Å². The number of amides is 10. The molecule has 0 radical (unpaired) electrons. The predicted octanol–water partition coefficient (Wildman–Crippen LogP) is -0.367. The summed E-state index contributed by atoms with van der Waals surface area (Å²) >= 11 is 0. The van der Waals surface area contributed by atoms with Gasteiger partial charge in [-0.05, 0) is 55.2 Å². The Kier molecular flexibility index (Phi) is 23.6. The first-order valence-electron chi connectivity index (χ1n) is 26.8. The number of guanidine groups is 1. The van der Waals surface area contributed by atoms with Crippen LogP contribution in [0.4, 0.5) is 0 Å². The molecule has 430 valence electrons. The summed E-state index contributed by atoms with van der Waals surface area (Å²) in [5, 5.41) is 19.1. The Morgan fingerprint density at radius 1 is 0.650 bits per heavy atom. The molecule has 25 heteroatoms. The van der Waals surface area contributed by atoms with E-state index in [1.54, 1.807) is 60.7 Å². The molecule has 3 fully saturated rings. The van der Waals surface area contributed by atoms with E-state index in [1.165, 1.54) is 26.5 Å². The molecule has 7 atom stereocenters. The monoisotopic (exact) mass is 1140 g/mol. The second kappa shape index (κ2) is 30.6. The zero-order valence-corrected chi connectivity index (χ0v) is 46.2. The van der Waals surface area contributed by atoms with E-state index >= 15 is 4.79 Å². The Labute approximate surface area is 472 Å². The molecule has 1 aliphatic carbocycles. The first kappa shape index (κ1) is 61.5. The summed E-state index contributed by atoms with van der Waals surface area (Å²) in [7, 11) is 2.60. The maximum Gasteiger partial charge on any atom is 0.246 e. The van der Waals surface area contributed by atoms with Gasteiger partial charge in [-0.25, -0.2) is 0 Å². The third-order valence-electron chi connectivity index (χ3n) is 14.0. The van der Waals surface area contributed by atoms with Crippen LogP contribution in [0.15, 0.2) is 96.0 Å². The van der Waals surface area contributed by atoms with Crippen LogP contribution in [0.5, 0.6) is 0 Å². The van der Waals surface area contributed by atoms with E-state index in [4.69, 9.17) is 22.9 Å². The number of rotatable bonds is 18. The molecular formula is C55H73N13O10S2. The first-order chi connectivity index (χ1) is 38.4. The Balaban J connectivity index is 1.36. The quantitative estimate of drug-likeness (QED) is 0.0335. The minimum atomic E-state index is -1.68. The number of carbonyl (C=O) groups is 10. The minimum Gasteiger partial charge on any atom is -0.370 e. The third-order valence-corrected chi connectivity index (χ3v) is 17.3. The van der Waals surface area contributed by atoms with Crippen LogP contribution >= 0.6 is 21.6 Å². The van der Waals surface area contributed by atoms with Crippen molar-refractivity contribution in [3.63, 3.8) is 0 Å². The molecule has 0 bridgehead atoms.